The van der Waals surface area contributed by atoms with E-state index < -0.39 is 11.7 Å². The number of hydrogen-bond acceptors (Lipinski definition) is 5. The van der Waals surface area contributed by atoms with Crippen LogP contribution in [0, 0.1) is 5.92 Å². The Hall–Kier alpha value is -2.12. The maximum atomic E-state index is 12.8. The summed E-state index contributed by atoms with van der Waals surface area (Å²) in [7, 11) is 0. The van der Waals surface area contributed by atoms with E-state index in [2.05, 4.69) is 29.4 Å². The number of nitrogens with one attached hydrogen (secondary N) is 2. The molecule has 1 fully saturated rings. The first-order chi connectivity index (χ1) is 14.2. The number of anilines is 1. The third-order valence-electron chi connectivity index (χ3n) is 5.35. The topological polar surface area (TPSA) is 79.9 Å². The van der Waals surface area contributed by atoms with Gasteiger partial charge in [-0.1, -0.05) is 32.8 Å². The molecule has 7 nitrogen and oxygen atoms in total. The van der Waals surface area contributed by atoms with Crippen molar-refractivity contribution in [3.05, 3.63) is 29.8 Å². The summed E-state index contributed by atoms with van der Waals surface area (Å²) in [5.41, 5.74) is 0.457. The Bertz CT molecular complexity index is 692. The Morgan fingerprint density at radius 1 is 1.17 bits per heavy atom. The van der Waals surface area contributed by atoms with Crippen molar-refractivity contribution in [1.29, 1.82) is 0 Å². The number of amides is 2. The molecule has 1 aromatic rings. The SMILES string of the molecule is CCC(CC)C(CNC(=O)c1cccc(NC(=O)OC(C)(C)C)c1)N1CCOCC1. The van der Waals surface area contributed by atoms with Gasteiger partial charge in [-0.25, -0.2) is 4.79 Å². The molecule has 1 heterocycles. The molecule has 2 amide bonds. The number of morpholine rings is 1. The van der Waals surface area contributed by atoms with Crippen LogP contribution in [0.5, 0.6) is 0 Å². The molecule has 0 radical (unpaired) electrons. The average molecular weight is 420 g/mol. The van der Waals surface area contributed by atoms with Crippen LogP contribution in [0.4, 0.5) is 10.5 Å². The quantitative estimate of drug-likeness (QED) is 0.668. The van der Waals surface area contributed by atoms with E-state index in [1.54, 1.807) is 45.0 Å². The first-order valence-electron chi connectivity index (χ1n) is 10.9. The molecule has 168 valence electrons. The van der Waals surface area contributed by atoms with Gasteiger partial charge in [-0.15, -0.1) is 0 Å². The van der Waals surface area contributed by atoms with Crippen LogP contribution in [0.15, 0.2) is 24.3 Å². The highest BCUT2D eigenvalue weighted by atomic mass is 16.6. The molecule has 2 rings (SSSR count). The molecule has 0 aromatic heterocycles. The number of ether oxygens (including phenoxy) is 2. The van der Waals surface area contributed by atoms with E-state index in [0.29, 0.717) is 23.7 Å². The fraction of sp³-hybridized carbons (Fsp3) is 0.652. The standard InChI is InChI=1S/C23H37N3O4/c1-6-17(7-2)20(26-11-13-29-14-12-26)16-24-21(27)18-9-8-10-19(15-18)25-22(28)30-23(3,4)5/h8-10,15,17,20H,6-7,11-14,16H2,1-5H3,(H,24,27)(H,25,28). The third-order valence-corrected chi connectivity index (χ3v) is 5.35. The zero-order valence-corrected chi connectivity index (χ0v) is 19.0. The van der Waals surface area contributed by atoms with Crippen molar-refractivity contribution in [2.24, 2.45) is 5.92 Å². The summed E-state index contributed by atoms with van der Waals surface area (Å²) in [4.78, 5) is 27.2. The van der Waals surface area contributed by atoms with Crippen LogP contribution in [0.3, 0.4) is 0 Å². The van der Waals surface area contributed by atoms with Gasteiger partial charge in [-0.3, -0.25) is 15.0 Å². The summed E-state index contributed by atoms with van der Waals surface area (Å²) in [6, 6.07) is 7.19. The van der Waals surface area contributed by atoms with E-state index in [4.69, 9.17) is 9.47 Å². The molecule has 1 unspecified atom stereocenters. The maximum absolute atomic E-state index is 12.8. The Balaban J connectivity index is 2.00. The molecule has 2 N–H and O–H groups in total. The van der Waals surface area contributed by atoms with Gasteiger partial charge in [0.2, 0.25) is 0 Å². The molecular formula is C23H37N3O4. The van der Waals surface area contributed by atoms with Crippen LogP contribution in [0.25, 0.3) is 0 Å². The normalized spacial score (nSPS) is 16.2. The summed E-state index contributed by atoms with van der Waals surface area (Å²) >= 11 is 0. The lowest BCUT2D eigenvalue weighted by Gasteiger charge is -2.38. The highest BCUT2D eigenvalue weighted by Crippen LogP contribution is 2.20. The fourth-order valence-electron chi connectivity index (χ4n) is 3.79. The zero-order valence-electron chi connectivity index (χ0n) is 19.0. The minimum absolute atomic E-state index is 0.146. The maximum Gasteiger partial charge on any atom is 0.412 e. The molecule has 1 atom stereocenters. The molecular weight excluding hydrogens is 382 g/mol. The van der Waals surface area contributed by atoms with Crippen LogP contribution in [-0.4, -0.2) is 61.4 Å². The second-order valence-electron chi connectivity index (χ2n) is 8.71. The van der Waals surface area contributed by atoms with Crippen molar-refractivity contribution in [3.63, 3.8) is 0 Å². The van der Waals surface area contributed by atoms with Gasteiger partial charge in [0.05, 0.1) is 13.2 Å². The van der Waals surface area contributed by atoms with E-state index in [1.807, 2.05) is 0 Å². The molecule has 1 saturated heterocycles. The second kappa shape index (κ2) is 11.3. The van der Waals surface area contributed by atoms with Crippen molar-refractivity contribution in [2.45, 2.75) is 59.1 Å². The number of carbonyl (C=O) groups is 2. The molecule has 1 aliphatic rings. The third kappa shape index (κ3) is 7.61. The van der Waals surface area contributed by atoms with E-state index in [1.165, 1.54) is 0 Å². The van der Waals surface area contributed by atoms with Gasteiger partial charge >= 0.3 is 6.09 Å². The van der Waals surface area contributed by atoms with Crippen LogP contribution in [0.2, 0.25) is 0 Å². The van der Waals surface area contributed by atoms with Crippen LogP contribution in [-0.2, 0) is 9.47 Å². The van der Waals surface area contributed by atoms with E-state index >= 15 is 0 Å². The van der Waals surface area contributed by atoms with Crippen molar-refractivity contribution >= 4 is 17.7 Å². The van der Waals surface area contributed by atoms with Crippen molar-refractivity contribution in [2.75, 3.05) is 38.2 Å². The molecule has 0 aliphatic carbocycles. The molecule has 1 aromatic carbocycles. The summed E-state index contributed by atoms with van der Waals surface area (Å²) in [5.74, 6) is 0.371. The minimum Gasteiger partial charge on any atom is -0.444 e. The molecule has 0 bridgehead atoms. The van der Waals surface area contributed by atoms with Gasteiger partial charge in [0, 0.05) is 36.9 Å². The highest BCUT2D eigenvalue weighted by Gasteiger charge is 2.27. The van der Waals surface area contributed by atoms with E-state index in [0.717, 1.165) is 39.1 Å². The molecule has 1 aliphatic heterocycles. The lowest BCUT2D eigenvalue weighted by atomic mass is 9.92. The highest BCUT2D eigenvalue weighted by molar-refractivity contribution is 5.96. The fourth-order valence-corrected chi connectivity index (χ4v) is 3.79. The summed E-state index contributed by atoms with van der Waals surface area (Å²) in [6.45, 7) is 13.7. The minimum atomic E-state index is -0.581. The van der Waals surface area contributed by atoms with Crippen LogP contribution < -0.4 is 10.6 Å². The lowest BCUT2D eigenvalue weighted by molar-refractivity contribution is 0.00191. The van der Waals surface area contributed by atoms with Crippen molar-refractivity contribution in [3.8, 4) is 0 Å². The molecule has 0 saturated carbocycles. The Morgan fingerprint density at radius 3 is 2.43 bits per heavy atom. The van der Waals surface area contributed by atoms with Gasteiger partial charge in [0.15, 0.2) is 0 Å². The summed E-state index contributed by atoms with van der Waals surface area (Å²) < 4.78 is 10.8. The molecule has 7 heteroatoms. The van der Waals surface area contributed by atoms with Gasteiger partial charge in [-0.05, 0) is 44.9 Å². The Labute approximate surface area is 180 Å². The predicted molar refractivity (Wildman–Crippen MR) is 119 cm³/mol. The van der Waals surface area contributed by atoms with Gasteiger partial charge in [-0.2, -0.15) is 0 Å². The van der Waals surface area contributed by atoms with E-state index in [9.17, 15) is 9.59 Å². The molecule has 0 spiro atoms. The number of nitrogens with zero attached hydrogens (tertiary/aromatic N) is 1. The van der Waals surface area contributed by atoms with Gasteiger partial charge in [0.1, 0.15) is 5.60 Å². The Kier molecular flexibility index (Phi) is 9.11. The number of rotatable bonds is 8. The zero-order chi connectivity index (χ0) is 22.1. The first-order valence-corrected chi connectivity index (χ1v) is 10.9. The van der Waals surface area contributed by atoms with Gasteiger partial charge in [0.25, 0.3) is 5.91 Å². The van der Waals surface area contributed by atoms with Crippen LogP contribution >= 0.6 is 0 Å². The second-order valence-corrected chi connectivity index (χ2v) is 8.71. The van der Waals surface area contributed by atoms with E-state index in [-0.39, 0.29) is 11.9 Å². The molecule has 30 heavy (non-hydrogen) atoms. The summed E-state index contributed by atoms with van der Waals surface area (Å²) in [6.07, 6.45) is 1.61. The number of hydrogen-bond donors (Lipinski definition) is 2. The first kappa shape index (κ1) is 24.2. The van der Waals surface area contributed by atoms with Crippen LogP contribution in [0.1, 0.15) is 57.8 Å². The largest absolute Gasteiger partial charge is 0.444 e. The van der Waals surface area contributed by atoms with Gasteiger partial charge < -0.3 is 14.8 Å². The summed E-state index contributed by atoms with van der Waals surface area (Å²) in [5, 5.41) is 5.78. The Morgan fingerprint density at radius 2 is 1.83 bits per heavy atom. The number of benzene rings is 1. The smallest absolute Gasteiger partial charge is 0.412 e. The number of carbonyl (C=O) groups excluding carboxylic acids is 2. The van der Waals surface area contributed by atoms with Crippen molar-refractivity contribution in [1.82, 2.24) is 10.2 Å². The van der Waals surface area contributed by atoms with Crippen molar-refractivity contribution < 1.29 is 19.1 Å². The monoisotopic (exact) mass is 419 g/mol. The average Bonchev–Trinajstić information content (AvgIpc) is 2.70. The lowest BCUT2D eigenvalue weighted by Crippen LogP contribution is -2.52. The predicted octanol–water partition coefficient (Wildman–Crippen LogP) is 3.90.